The fourth-order valence-electron chi connectivity index (χ4n) is 2.65. The maximum absolute atomic E-state index is 12.5. The van der Waals surface area contributed by atoms with E-state index in [1.165, 1.54) is 29.2 Å². The Hall–Kier alpha value is -3.66. The van der Waals surface area contributed by atoms with Gasteiger partial charge in [-0.15, -0.1) is 11.3 Å². The zero-order chi connectivity index (χ0) is 20.2. The molecule has 0 unspecified atom stereocenters. The average molecular weight is 408 g/mol. The summed E-state index contributed by atoms with van der Waals surface area (Å²) in [6.07, 6.45) is 6.13. The van der Waals surface area contributed by atoms with Gasteiger partial charge in [-0.05, 0) is 24.4 Å². The molecule has 4 heterocycles. The van der Waals surface area contributed by atoms with Crippen LogP contribution in [0.5, 0.6) is 0 Å². The number of pyridine rings is 1. The maximum atomic E-state index is 12.5. The van der Waals surface area contributed by atoms with Crippen molar-refractivity contribution in [1.82, 2.24) is 30.0 Å². The molecule has 4 rings (SSSR count). The van der Waals surface area contributed by atoms with E-state index in [1.54, 1.807) is 30.5 Å². The molecular formula is C19H16N6O3S. The molecule has 10 heteroatoms. The molecule has 0 aliphatic rings. The summed E-state index contributed by atoms with van der Waals surface area (Å²) >= 11 is 1.56. The minimum atomic E-state index is -0.704. The predicted molar refractivity (Wildman–Crippen MR) is 106 cm³/mol. The third kappa shape index (κ3) is 4.11. The second-order valence-corrected chi connectivity index (χ2v) is 7.18. The summed E-state index contributed by atoms with van der Waals surface area (Å²) in [6, 6.07) is 6.09. The number of hydrogen-bond donors (Lipinski definition) is 1. The lowest BCUT2D eigenvalue weighted by Gasteiger charge is -2.15. The van der Waals surface area contributed by atoms with E-state index in [2.05, 4.69) is 25.4 Å². The van der Waals surface area contributed by atoms with Crippen LogP contribution >= 0.6 is 11.3 Å². The van der Waals surface area contributed by atoms with Gasteiger partial charge >= 0.3 is 0 Å². The van der Waals surface area contributed by atoms with Crippen LogP contribution in [0.1, 0.15) is 17.8 Å². The molecule has 0 saturated heterocycles. The van der Waals surface area contributed by atoms with E-state index in [-0.39, 0.29) is 23.2 Å². The highest BCUT2D eigenvalue weighted by Gasteiger charge is 2.18. The number of nitrogens with zero attached hydrogens (tertiary/aromatic N) is 5. The van der Waals surface area contributed by atoms with Gasteiger partial charge < -0.3 is 14.4 Å². The lowest BCUT2D eigenvalue weighted by atomic mass is 10.2. The molecule has 0 bridgehead atoms. The van der Waals surface area contributed by atoms with Crippen molar-refractivity contribution >= 4 is 17.2 Å². The SMILES string of the molecule is C[C@@H](C(=O)NCc1cccs1)n1cc(-c2nc(-c3cnccn3)no2)ccc1=O. The van der Waals surface area contributed by atoms with Crippen molar-refractivity contribution in [2.75, 3.05) is 0 Å². The molecule has 0 spiro atoms. The number of thiophene rings is 1. The van der Waals surface area contributed by atoms with E-state index >= 15 is 0 Å². The molecule has 0 aliphatic carbocycles. The highest BCUT2D eigenvalue weighted by molar-refractivity contribution is 7.09. The summed E-state index contributed by atoms with van der Waals surface area (Å²) in [5, 5.41) is 8.68. The minimum Gasteiger partial charge on any atom is -0.349 e. The van der Waals surface area contributed by atoms with E-state index in [0.29, 0.717) is 17.8 Å². The molecular weight excluding hydrogens is 392 g/mol. The second-order valence-electron chi connectivity index (χ2n) is 6.15. The molecule has 1 N–H and O–H groups in total. The molecule has 0 aromatic carbocycles. The van der Waals surface area contributed by atoms with E-state index in [0.717, 1.165) is 4.88 Å². The third-order valence-corrected chi connectivity index (χ3v) is 5.09. The van der Waals surface area contributed by atoms with Gasteiger partial charge in [-0.25, -0.2) is 4.98 Å². The molecule has 0 fully saturated rings. The number of amides is 1. The number of carbonyl (C=O) groups is 1. The molecule has 1 amide bonds. The van der Waals surface area contributed by atoms with Crippen molar-refractivity contribution in [3.63, 3.8) is 0 Å². The van der Waals surface area contributed by atoms with Crippen LogP contribution in [0.2, 0.25) is 0 Å². The van der Waals surface area contributed by atoms with Gasteiger partial charge in [-0.3, -0.25) is 14.6 Å². The monoisotopic (exact) mass is 408 g/mol. The number of nitrogens with one attached hydrogen (secondary N) is 1. The zero-order valence-electron chi connectivity index (χ0n) is 15.3. The summed E-state index contributed by atoms with van der Waals surface area (Å²) in [6.45, 7) is 2.08. The van der Waals surface area contributed by atoms with Gasteiger partial charge in [0.2, 0.25) is 11.7 Å². The molecule has 0 radical (unpaired) electrons. The molecule has 9 nitrogen and oxygen atoms in total. The Morgan fingerprint density at radius 2 is 2.21 bits per heavy atom. The van der Waals surface area contributed by atoms with Crippen LogP contribution in [0.25, 0.3) is 23.0 Å². The van der Waals surface area contributed by atoms with Crippen LogP contribution in [-0.2, 0) is 11.3 Å². The first-order valence-electron chi connectivity index (χ1n) is 8.74. The lowest BCUT2D eigenvalue weighted by Crippen LogP contribution is -2.35. The fourth-order valence-corrected chi connectivity index (χ4v) is 3.30. The van der Waals surface area contributed by atoms with Crippen LogP contribution in [0.15, 0.2) is 63.8 Å². The molecule has 29 heavy (non-hydrogen) atoms. The Balaban J connectivity index is 1.55. The Morgan fingerprint density at radius 3 is 2.97 bits per heavy atom. The number of rotatable bonds is 6. The average Bonchev–Trinajstić information content (AvgIpc) is 3.45. The summed E-state index contributed by atoms with van der Waals surface area (Å²) < 4.78 is 6.63. The molecule has 0 saturated carbocycles. The van der Waals surface area contributed by atoms with Gasteiger partial charge in [0.15, 0.2) is 0 Å². The summed E-state index contributed by atoms with van der Waals surface area (Å²) in [5.41, 5.74) is 0.684. The quantitative estimate of drug-likeness (QED) is 0.520. The minimum absolute atomic E-state index is 0.214. The largest absolute Gasteiger partial charge is 0.349 e. The van der Waals surface area contributed by atoms with Crippen molar-refractivity contribution < 1.29 is 9.32 Å². The molecule has 1 atom stereocenters. The Bertz CT molecular complexity index is 1170. The topological polar surface area (TPSA) is 116 Å². The van der Waals surface area contributed by atoms with E-state index in [4.69, 9.17) is 4.52 Å². The normalized spacial score (nSPS) is 11.9. The summed E-state index contributed by atoms with van der Waals surface area (Å²) in [5.74, 6) is 0.238. The van der Waals surface area contributed by atoms with Crippen molar-refractivity contribution in [2.45, 2.75) is 19.5 Å². The van der Waals surface area contributed by atoms with Crippen molar-refractivity contribution in [3.8, 4) is 23.0 Å². The number of aromatic nitrogens is 5. The first-order chi connectivity index (χ1) is 14.1. The maximum Gasteiger partial charge on any atom is 0.259 e. The standard InChI is InChI=1S/C19H16N6O3S/c1-12(18(27)22-9-14-3-2-8-29-14)25-11-13(4-5-16(25)26)19-23-17(24-28-19)15-10-20-6-7-21-15/h2-8,10-12H,9H2,1H3,(H,22,27)/t12-/m0/s1. The van der Waals surface area contributed by atoms with Crippen molar-refractivity contribution in [3.05, 3.63) is 69.7 Å². The second kappa shape index (κ2) is 8.15. The summed E-state index contributed by atoms with van der Waals surface area (Å²) in [7, 11) is 0. The van der Waals surface area contributed by atoms with Crippen molar-refractivity contribution in [2.24, 2.45) is 0 Å². The molecule has 4 aromatic rings. The van der Waals surface area contributed by atoms with E-state index in [9.17, 15) is 9.59 Å². The fraction of sp³-hybridized carbons (Fsp3) is 0.158. The highest BCUT2D eigenvalue weighted by Crippen LogP contribution is 2.20. The third-order valence-electron chi connectivity index (χ3n) is 4.22. The van der Waals surface area contributed by atoms with Gasteiger partial charge in [-0.2, -0.15) is 4.98 Å². The Labute approximate surface area is 169 Å². The Kier molecular flexibility index (Phi) is 5.25. The zero-order valence-corrected chi connectivity index (χ0v) is 16.2. The molecule has 4 aromatic heterocycles. The first-order valence-corrected chi connectivity index (χ1v) is 9.62. The lowest BCUT2D eigenvalue weighted by molar-refractivity contribution is -0.124. The van der Waals surface area contributed by atoms with Crippen LogP contribution in [0.3, 0.4) is 0 Å². The first kappa shape index (κ1) is 18.7. The molecule has 146 valence electrons. The van der Waals surface area contributed by atoms with E-state index in [1.807, 2.05) is 17.5 Å². The van der Waals surface area contributed by atoms with Gasteiger partial charge in [0.05, 0.1) is 18.3 Å². The Morgan fingerprint density at radius 1 is 1.31 bits per heavy atom. The van der Waals surface area contributed by atoms with Gasteiger partial charge in [-0.1, -0.05) is 11.2 Å². The van der Waals surface area contributed by atoms with E-state index < -0.39 is 6.04 Å². The van der Waals surface area contributed by atoms with Crippen LogP contribution in [0, 0.1) is 0 Å². The van der Waals surface area contributed by atoms with Gasteiger partial charge in [0, 0.05) is 29.5 Å². The number of carbonyl (C=O) groups excluding carboxylic acids is 1. The molecule has 0 aliphatic heterocycles. The van der Waals surface area contributed by atoms with Crippen LogP contribution in [-0.4, -0.2) is 30.6 Å². The van der Waals surface area contributed by atoms with Crippen molar-refractivity contribution in [1.29, 1.82) is 0 Å². The number of hydrogen-bond acceptors (Lipinski definition) is 8. The van der Waals surface area contributed by atoms with Crippen LogP contribution in [0.4, 0.5) is 0 Å². The predicted octanol–water partition coefficient (Wildman–Crippen LogP) is 2.29. The smallest absolute Gasteiger partial charge is 0.259 e. The highest BCUT2D eigenvalue weighted by atomic mass is 32.1. The van der Waals surface area contributed by atoms with Gasteiger partial charge in [0.25, 0.3) is 11.4 Å². The summed E-state index contributed by atoms with van der Waals surface area (Å²) in [4.78, 5) is 38.2. The van der Waals surface area contributed by atoms with Crippen LogP contribution < -0.4 is 10.9 Å². The van der Waals surface area contributed by atoms with Gasteiger partial charge in [0.1, 0.15) is 11.7 Å².